The number of halogens is 1. The number of nitrogens with zero attached hydrogens (tertiary/aromatic N) is 3. The molecule has 2 heterocycles. The molecule has 0 bridgehead atoms. The fraction of sp³-hybridized carbons (Fsp3) is 0.455. The van der Waals surface area contributed by atoms with Crippen LogP contribution >= 0.6 is 24.0 Å². The Hall–Kier alpha value is -2.23. The van der Waals surface area contributed by atoms with Gasteiger partial charge in [-0.1, -0.05) is 25.1 Å². The molecule has 0 spiro atoms. The Morgan fingerprint density at radius 2 is 1.87 bits per heavy atom. The lowest BCUT2D eigenvalue weighted by molar-refractivity contribution is 0.0657. The first-order chi connectivity index (χ1) is 14.1. The SMILES string of the molecule is CCNC(=NCC(C)c1ccccc1OC)N1CCN(C(=O)c2ccco2)CC1.I. The van der Waals surface area contributed by atoms with E-state index in [0.717, 1.165) is 36.9 Å². The maximum absolute atomic E-state index is 12.5. The van der Waals surface area contributed by atoms with Gasteiger partial charge >= 0.3 is 0 Å². The van der Waals surface area contributed by atoms with Crippen LogP contribution in [0.3, 0.4) is 0 Å². The zero-order chi connectivity index (χ0) is 20.6. The zero-order valence-electron chi connectivity index (χ0n) is 17.8. The van der Waals surface area contributed by atoms with Crippen molar-refractivity contribution >= 4 is 35.8 Å². The molecule has 0 aliphatic carbocycles. The topological polar surface area (TPSA) is 70.3 Å². The highest BCUT2D eigenvalue weighted by Crippen LogP contribution is 2.26. The highest BCUT2D eigenvalue weighted by atomic mass is 127. The van der Waals surface area contributed by atoms with Gasteiger partial charge in [0.25, 0.3) is 5.91 Å². The van der Waals surface area contributed by atoms with Crippen molar-refractivity contribution in [3.63, 3.8) is 0 Å². The predicted octanol–water partition coefficient (Wildman–Crippen LogP) is 3.43. The number of guanidine groups is 1. The van der Waals surface area contributed by atoms with Crippen LogP contribution in [0.4, 0.5) is 0 Å². The molecule has 1 aromatic heterocycles. The fourth-order valence-corrected chi connectivity index (χ4v) is 3.50. The van der Waals surface area contributed by atoms with E-state index in [-0.39, 0.29) is 35.8 Å². The molecule has 1 unspecified atom stereocenters. The maximum atomic E-state index is 12.5. The zero-order valence-corrected chi connectivity index (χ0v) is 20.2. The number of ether oxygens (including phenoxy) is 1. The van der Waals surface area contributed by atoms with E-state index in [2.05, 4.69) is 30.1 Å². The molecular weight excluding hydrogens is 495 g/mol. The Morgan fingerprint density at radius 1 is 1.17 bits per heavy atom. The van der Waals surface area contributed by atoms with Crippen LogP contribution in [-0.2, 0) is 0 Å². The molecule has 3 rings (SSSR count). The summed E-state index contributed by atoms with van der Waals surface area (Å²) >= 11 is 0. The second-order valence-corrected chi connectivity index (χ2v) is 7.09. The van der Waals surface area contributed by atoms with Gasteiger partial charge in [0.05, 0.1) is 13.4 Å². The molecule has 1 N–H and O–H groups in total. The summed E-state index contributed by atoms with van der Waals surface area (Å²) in [6.07, 6.45) is 1.53. The number of para-hydroxylation sites is 1. The van der Waals surface area contributed by atoms with Crippen molar-refractivity contribution in [3.8, 4) is 5.75 Å². The van der Waals surface area contributed by atoms with Gasteiger partial charge in [-0.3, -0.25) is 9.79 Å². The number of carbonyl (C=O) groups is 1. The molecule has 1 saturated heterocycles. The van der Waals surface area contributed by atoms with Crippen LogP contribution in [0.1, 0.15) is 35.9 Å². The molecule has 1 amide bonds. The summed E-state index contributed by atoms with van der Waals surface area (Å²) in [6, 6.07) is 11.5. The van der Waals surface area contributed by atoms with Crippen molar-refractivity contribution in [3.05, 3.63) is 54.0 Å². The molecule has 8 heteroatoms. The monoisotopic (exact) mass is 526 g/mol. The lowest BCUT2D eigenvalue weighted by Gasteiger charge is -2.36. The lowest BCUT2D eigenvalue weighted by atomic mass is 10.0. The van der Waals surface area contributed by atoms with Gasteiger partial charge < -0.3 is 24.3 Å². The molecule has 1 fully saturated rings. The molecule has 0 saturated carbocycles. The summed E-state index contributed by atoms with van der Waals surface area (Å²) in [4.78, 5) is 21.4. The number of hydrogen-bond donors (Lipinski definition) is 1. The third kappa shape index (κ3) is 5.90. The van der Waals surface area contributed by atoms with Crippen molar-refractivity contribution in [1.82, 2.24) is 15.1 Å². The number of aliphatic imine (C=N–C) groups is 1. The van der Waals surface area contributed by atoms with Crippen LogP contribution < -0.4 is 10.1 Å². The van der Waals surface area contributed by atoms with E-state index in [1.54, 1.807) is 19.2 Å². The minimum Gasteiger partial charge on any atom is -0.496 e. The van der Waals surface area contributed by atoms with Crippen LogP contribution in [0, 0.1) is 0 Å². The number of methoxy groups -OCH3 is 1. The summed E-state index contributed by atoms with van der Waals surface area (Å²) < 4.78 is 10.7. The third-order valence-electron chi connectivity index (χ3n) is 5.12. The molecule has 1 atom stereocenters. The quantitative estimate of drug-likeness (QED) is 0.355. The minimum atomic E-state index is -0.0543. The molecule has 1 aliphatic heterocycles. The number of amides is 1. The van der Waals surface area contributed by atoms with Gasteiger partial charge in [0.15, 0.2) is 11.7 Å². The second-order valence-electron chi connectivity index (χ2n) is 7.09. The Bertz CT molecular complexity index is 818. The standard InChI is InChI=1S/C22H30N4O3.HI/c1-4-23-22(24-16-17(2)18-8-5-6-9-19(18)28-3)26-13-11-25(12-14-26)21(27)20-10-7-15-29-20;/h5-10,15,17H,4,11-14,16H2,1-3H3,(H,23,24);1H. The Kier molecular flexibility index (Phi) is 9.48. The van der Waals surface area contributed by atoms with Crippen LogP contribution in [0.15, 0.2) is 52.1 Å². The van der Waals surface area contributed by atoms with Crippen LogP contribution in [-0.4, -0.2) is 68.0 Å². The van der Waals surface area contributed by atoms with E-state index in [9.17, 15) is 4.79 Å². The first-order valence-electron chi connectivity index (χ1n) is 10.1. The third-order valence-corrected chi connectivity index (χ3v) is 5.12. The van der Waals surface area contributed by atoms with E-state index in [4.69, 9.17) is 14.1 Å². The van der Waals surface area contributed by atoms with E-state index in [1.807, 2.05) is 23.1 Å². The summed E-state index contributed by atoms with van der Waals surface area (Å²) in [5.74, 6) is 2.36. The van der Waals surface area contributed by atoms with Crippen LogP contribution in [0.5, 0.6) is 5.75 Å². The van der Waals surface area contributed by atoms with Gasteiger partial charge in [-0.15, -0.1) is 24.0 Å². The number of carbonyl (C=O) groups excluding carboxylic acids is 1. The minimum absolute atomic E-state index is 0. The molecular formula is C22H31IN4O3. The van der Waals surface area contributed by atoms with Gasteiger partial charge in [0.2, 0.25) is 0 Å². The summed E-state index contributed by atoms with van der Waals surface area (Å²) in [6.45, 7) is 8.45. The van der Waals surface area contributed by atoms with E-state index in [1.165, 1.54) is 6.26 Å². The largest absolute Gasteiger partial charge is 0.496 e. The average molecular weight is 526 g/mol. The highest BCUT2D eigenvalue weighted by molar-refractivity contribution is 14.0. The number of nitrogens with one attached hydrogen (secondary N) is 1. The van der Waals surface area contributed by atoms with Crippen molar-refractivity contribution in [2.24, 2.45) is 4.99 Å². The van der Waals surface area contributed by atoms with Crippen LogP contribution in [0.2, 0.25) is 0 Å². The van der Waals surface area contributed by atoms with Gasteiger partial charge in [-0.25, -0.2) is 0 Å². The van der Waals surface area contributed by atoms with Gasteiger partial charge in [0.1, 0.15) is 5.75 Å². The van der Waals surface area contributed by atoms with Gasteiger partial charge in [-0.05, 0) is 30.7 Å². The average Bonchev–Trinajstić information content (AvgIpc) is 3.31. The number of piperazine rings is 1. The number of hydrogen-bond acceptors (Lipinski definition) is 4. The summed E-state index contributed by atoms with van der Waals surface area (Å²) in [7, 11) is 1.70. The Labute approximate surface area is 195 Å². The normalized spacial score (nSPS) is 15.4. The lowest BCUT2D eigenvalue weighted by Crippen LogP contribution is -2.53. The van der Waals surface area contributed by atoms with Crippen LogP contribution in [0.25, 0.3) is 0 Å². The highest BCUT2D eigenvalue weighted by Gasteiger charge is 2.25. The molecule has 7 nitrogen and oxygen atoms in total. The number of benzene rings is 1. The van der Waals surface area contributed by atoms with Crippen molar-refractivity contribution in [1.29, 1.82) is 0 Å². The smallest absolute Gasteiger partial charge is 0.289 e. The molecule has 0 radical (unpaired) electrons. The number of furan rings is 1. The van der Waals surface area contributed by atoms with E-state index in [0.29, 0.717) is 25.4 Å². The number of rotatable bonds is 6. The van der Waals surface area contributed by atoms with Gasteiger partial charge in [0, 0.05) is 45.2 Å². The van der Waals surface area contributed by atoms with E-state index >= 15 is 0 Å². The second kappa shape index (κ2) is 11.8. The molecule has 164 valence electrons. The molecule has 1 aliphatic rings. The molecule has 2 aromatic rings. The summed E-state index contributed by atoms with van der Waals surface area (Å²) in [5, 5.41) is 3.38. The first-order valence-corrected chi connectivity index (χ1v) is 10.1. The van der Waals surface area contributed by atoms with Crippen molar-refractivity contribution in [2.75, 3.05) is 46.4 Å². The van der Waals surface area contributed by atoms with Crippen molar-refractivity contribution in [2.45, 2.75) is 19.8 Å². The fourth-order valence-electron chi connectivity index (χ4n) is 3.50. The van der Waals surface area contributed by atoms with Gasteiger partial charge in [-0.2, -0.15) is 0 Å². The molecule has 30 heavy (non-hydrogen) atoms. The maximum Gasteiger partial charge on any atom is 0.289 e. The van der Waals surface area contributed by atoms with Crippen molar-refractivity contribution < 1.29 is 13.9 Å². The van der Waals surface area contributed by atoms with E-state index < -0.39 is 0 Å². The first kappa shape index (κ1) is 24.0. The molecule has 1 aromatic carbocycles. The summed E-state index contributed by atoms with van der Waals surface area (Å²) in [5.41, 5.74) is 1.16. The predicted molar refractivity (Wildman–Crippen MR) is 129 cm³/mol. The Balaban J connectivity index is 0.00000320. The Morgan fingerprint density at radius 3 is 2.50 bits per heavy atom.